The molecule has 0 bridgehead atoms. The number of alkyl halides is 6. The molecule has 0 saturated heterocycles. The van der Waals surface area contributed by atoms with E-state index in [0.717, 1.165) is 6.26 Å². The number of aromatic amines is 2. The van der Waals surface area contributed by atoms with Gasteiger partial charge in [0.15, 0.2) is 11.7 Å². The van der Waals surface area contributed by atoms with Crippen molar-refractivity contribution in [2.45, 2.75) is 18.4 Å². The number of sulfonamides is 1. The Balaban J connectivity index is 0.000000587. The third kappa shape index (κ3) is 7.93. The number of carbonyl (C=O) groups excluding carboxylic acids is 2. The lowest BCUT2D eigenvalue weighted by atomic mass is 10.1. The lowest BCUT2D eigenvalue weighted by Crippen LogP contribution is -2.41. The number of nitrogens with zero attached hydrogens (tertiary/aromatic N) is 1. The van der Waals surface area contributed by atoms with Gasteiger partial charge in [-0.2, -0.15) is 30.7 Å². The summed E-state index contributed by atoms with van der Waals surface area (Å²) in [6, 6.07) is 13.3. The highest BCUT2D eigenvalue weighted by Crippen LogP contribution is 2.31. The van der Waals surface area contributed by atoms with Crippen LogP contribution in [0.3, 0.4) is 0 Å². The Morgan fingerprint density at radius 3 is 2.15 bits per heavy atom. The maximum Gasteiger partial charge on any atom is 0.430 e. The van der Waals surface area contributed by atoms with Gasteiger partial charge in [-0.3, -0.25) is 9.52 Å². The third-order valence-electron chi connectivity index (χ3n) is 5.18. The van der Waals surface area contributed by atoms with E-state index >= 15 is 0 Å². The fourth-order valence-electron chi connectivity index (χ4n) is 3.56. The molecule has 0 radical (unpaired) electrons. The third-order valence-corrected chi connectivity index (χ3v) is 5.77. The number of aliphatic carboxylic acids is 1. The average molecular weight is 605 g/mol. The number of carboxylic acid groups (broad SMARTS) is 1. The van der Waals surface area contributed by atoms with Crippen LogP contribution >= 0.6 is 0 Å². The van der Waals surface area contributed by atoms with Gasteiger partial charge in [-0.1, -0.05) is 24.3 Å². The molecule has 0 aliphatic heterocycles. The molecule has 0 aliphatic rings. The van der Waals surface area contributed by atoms with Crippen molar-refractivity contribution in [3.05, 3.63) is 84.4 Å². The fraction of sp³-hybridized carbons (Fsp3) is 0.167. The van der Waals surface area contributed by atoms with Crippen LogP contribution in [0.5, 0.6) is 0 Å². The summed E-state index contributed by atoms with van der Waals surface area (Å²) in [4.78, 5) is 27.2. The van der Waals surface area contributed by atoms with Crippen LogP contribution in [0.15, 0.2) is 73.1 Å². The van der Waals surface area contributed by atoms with Crippen molar-refractivity contribution in [3.63, 3.8) is 0 Å². The zero-order valence-electron chi connectivity index (χ0n) is 20.7. The lowest BCUT2D eigenvalue weighted by molar-refractivity contribution is -0.498. The first-order chi connectivity index (χ1) is 19.0. The smallest absolute Gasteiger partial charge is 0.430 e. The second-order valence-corrected chi connectivity index (χ2v) is 10.0. The topological polar surface area (TPSA) is 149 Å². The van der Waals surface area contributed by atoms with E-state index in [2.05, 4.69) is 14.7 Å². The molecule has 41 heavy (non-hydrogen) atoms. The van der Waals surface area contributed by atoms with Gasteiger partial charge in [-0.15, -0.1) is 0 Å². The van der Waals surface area contributed by atoms with Gasteiger partial charge in [-0.05, 0) is 24.3 Å². The van der Waals surface area contributed by atoms with Gasteiger partial charge in [0.05, 0.1) is 23.7 Å². The molecule has 4 N–H and O–H groups in total. The molecule has 4 rings (SSSR count). The van der Waals surface area contributed by atoms with Gasteiger partial charge in [0, 0.05) is 12.1 Å². The minimum absolute atomic E-state index is 0.116. The predicted octanol–water partition coefficient (Wildman–Crippen LogP) is 1.94. The van der Waals surface area contributed by atoms with Crippen molar-refractivity contribution in [2.24, 2.45) is 0 Å². The van der Waals surface area contributed by atoms with Crippen molar-refractivity contribution in [2.75, 3.05) is 11.0 Å². The Hall–Kier alpha value is -4.67. The van der Waals surface area contributed by atoms with Gasteiger partial charge in [0.25, 0.3) is 11.7 Å². The zero-order valence-corrected chi connectivity index (χ0v) is 21.5. The van der Waals surface area contributed by atoms with E-state index in [-0.39, 0.29) is 17.1 Å². The Morgan fingerprint density at radius 1 is 0.976 bits per heavy atom. The highest BCUT2D eigenvalue weighted by atomic mass is 32.2. The number of imidazole rings is 1. The van der Waals surface area contributed by atoms with Crippen LogP contribution in [0.1, 0.15) is 22.2 Å². The molecule has 0 fully saturated rings. The van der Waals surface area contributed by atoms with E-state index in [9.17, 15) is 39.6 Å². The monoisotopic (exact) mass is 604 g/mol. The highest BCUT2D eigenvalue weighted by molar-refractivity contribution is 7.92. The highest BCUT2D eigenvalue weighted by Gasteiger charge is 2.46. The number of hydrogen-bond donors (Lipinski definition) is 3. The first kappa shape index (κ1) is 30.9. The number of carbonyl (C=O) groups is 2. The molecule has 1 atom stereocenters. The first-order valence-electron chi connectivity index (χ1n) is 11.2. The number of hydrogen-bond acceptors (Lipinski definition) is 5. The van der Waals surface area contributed by atoms with Crippen LogP contribution in [-0.2, 0) is 14.8 Å². The number of benzene rings is 1. The summed E-state index contributed by atoms with van der Waals surface area (Å²) in [6.07, 6.45) is -6.00. The Bertz CT molecular complexity index is 1660. The molecule has 1 amide bonds. The number of H-pyrrole nitrogens is 2. The maximum atomic E-state index is 13.8. The number of aromatic nitrogens is 3. The summed E-state index contributed by atoms with van der Waals surface area (Å²) >= 11 is 0. The van der Waals surface area contributed by atoms with Crippen LogP contribution in [0.2, 0.25) is 0 Å². The van der Waals surface area contributed by atoms with E-state index in [1.165, 1.54) is 30.5 Å². The summed E-state index contributed by atoms with van der Waals surface area (Å²) in [5, 5.41) is 10.8. The minimum atomic E-state index is -5.19. The molecule has 1 unspecified atom stereocenters. The van der Waals surface area contributed by atoms with Gasteiger partial charge >= 0.3 is 12.4 Å². The van der Waals surface area contributed by atoms with E-state index in [0.29, 0.717) is 16.9 Å². The van der Waals surface area contributed by atoms with Gasteiger partial charge in [0.1, 0.15) is 5.97 Å². The predicted molar refractivity (Wildman–Crippen MR) is 128 cm³/mol. The normalized spacial score (nSPS) is 12.7. The molecule has 3 heterocycles. The van der Waals surface area contributed by atoms with Crippen molar-refractivity contribution >= 4 is 33.1 Å². The largest absolute Gasteiger partial charge is 0.542 e. The number of anilines is 1. The molecule has 17 heteroatoms. The van der Waals surface area contributed by atoms with Gasteiger partial charge in [-0.25, -0.2) is 18.4 Å². The van der Waals surface area contributed by atoms with Crippen LogP contribution < -0.4 is 24.5 Å². The van der Waals surface area contributed by atoms with Gasteiger partial charge in [0.2, 0.25) is 27.5 Å². The second-order valence-electron chi connectivity index (χ2n) is 8.28. The van der Waals surface area contributed by atoms with Crippen LogP contribution in [0, 0.1) is 0 Å². The number of halogens is 6. The number of pyridine rings is 2. The first-order valence-corrected chi connectivity index (χ1v) is 13.1. The Kier molecular flexibility index (Phi) is 8.90. The number of rotatable bonds is 6. The summed E-state index contributed by atoms with van der Waals surface area (Å²) < 4.78 is 100. The average Bonchev–Trinajstić information content (AvgIpc) is 3.26. The maximum absolute atomic E-state index is 13.8. The molecule has 1 aromatic carbocycles. The Morgan fingerprint density at radius 2 is 1.59 bits per heavy atom. The molecule has 4 aromatic rings. The fourth-order valence-corrected chi connectivity index (χ4v) is 4.14. The molecule has 218 valence electrons. The van der Waals surface area contributed by atoms with Gasteiger partial charge < -0.3 is 15.2 Å². The number of nitrogens with one attached hydrogen (secondary N) is 4. The van der Waals surface area contributed by atoms with Crippen molar-refractivity contribution in [1.82, 2.24) is 10.3 Å². The lowest BCUT2D eigenvalue weighted by Gasteiger charge is -2.17. The van der Waals surface area contributed by atoms with Crippen LogP contribution in [0.25, 0.3) is 16.9 Å². The summed E-state index contributed by atoms with van der Waals surface area (Å²) in [7, 11) is -3.61. The molecule has 0 spiro atoms. The molecule has 0 saturated carbocycles. The SMILES string of the molecule is CS(=O)(=O)Nc1ccccc1-c1[nH]c(C(=O)NC(c2cccc[nH+]2)C(F)(F)F)c2cccc[n+]12.O=C([O-])C(F)(F)F. The molecular weight excluding hydrogens is 584 g/mol. The summed E-state index contributed by atoms with van der Waals surface area (Å²) in [5.41, 5.74) is 0.604. The standard InChI is InChI=1S/C22H18F3N5O3S.C2HF3O2/c1-34(32,33)29-15-9-3-2-8-14(15)20-27-18(17-11-5-7-13-30(17)20)21(31)28-19(22(23,24)25)16-10-4-6-12-26-16;3-2(4,5)1(6)7/h2-13,19H,1H3,(H2,27,28,29,31);(H,6,7)/p+1. The number of para-hydroxylation sites is 1. The Labute approximate surface area is 227 Å². The minimum Gasteiger partial charge on any atom is -0.542 e. The number of amides is 1. The van der Waals surface area contributed by atoms with Crippen molar-refractivity contribution in [3.8, 4) is 11.4 Å². The quantitative estimate of drug-likeness (QED) is 0.227. The molecule has 0 aliphatic carbocycles. The summed E-state index contributed by atoms with van der Waals surface area (Å²) in [5.74, 6) is -3.68. The zero-order chi connectivity index (χ0) is 30.6. The molecule has 10 nitrogen and oxygen atoms in total. The van der Waals surface area contributed by atoms with E-state index in [1.54, 1.807) is 47.0 Å². The number of carboxylic acids is 1. The summed E-state index contributed by atoms with van der Waals surface area (Å²) in [6.45, 7) is 0. The van der Waals surface area contributed by atoms with Crippen molar-refractivity contribution < 1.29 is 58.8 Å². The van der Waals surface area contributed by atoms with Crippen molar-refractivity contribution in [1.29, 1.82) is 0 Å². The number of fused-ring (bicyclic) bond motifs is 1. The molecular formula is C24H20F6N5O5S+. The van der Waals surface area contributed by atoms with Crippen LogP contribution in [0.4, 0.5) is 32.0 Å². The second kappa shape index (κ2) is 11.8. The molecule has 3 aromatic heterocycles. The van der Waals surface area contributed by atoms with E-state index in [4.69, 9.17) is 9.90 Å². The van der Waals surface area contributed by atoms with E-state index < -0.39 is 40.3 Å². The van der Waals surface area contributed by atoms with E-state index in [1.807, 2.05) is 5.32 Å². The van der Waals surface area contributed by atoms with Crippen LogP contribution in [-0.4, -0.2) is 43.9 Å².